The Morgan fingerprint density at radius 2 is 0.931 bits per heavy atom. The Morgan fingerprint density at radius 3 is 1.17 bits per heavy atom. The number of carbonyl (C=O) groups excluding carboxylic acids is 1. The van der Waals surface area contributed by atoms with E-state index in [2.05, 4.69) is 4.74 Å². The van der Waals surface area contributed by atoms with E-state index >= 15 is 0 Å². The molecule has 1 atom stereocenters. The minimum atomic E-state index is -3.17. The molecule has 0 aliphatic rings. The molecule has 0 rings (SSSR count). The van der Waals surface area contributed by atoms with Gasteiger partial charge in [0.2, 0.25) is 5.60 Å². The summed E-state index contributed by atoms with van der Waals surface area (Å²) in [4.78, 5) is 66.0. The second kappa shape index (κ2) is 18.3. The van der Waals surface area contributed by atoms with E-state index in [1.807, 2.05) is 0 Å². The van der Waals surface area contributed by atoms with Crippen LogP contribution in [0.2, 0.25) is 0 Å². The number of aliphatic carboxylic acids is 5. The van der Waals surface area contributed by atoms with Gasteiger partial charge >= 0.3 is 187 Å². The van der Waals surface area contributed by atoms with Crippen molar-refractivity contribution in [3.8, 4) is 0 Å². The molecule has 6 N–H and O–H groups in total. The molecule has 0 saturated carbocycles. The molecule has 0 radical (unpaired) electrons. The summed E-state index contributed by atoms with van der Waals surface area (Å²) in [7, 11) is 0. The number of carboxylic acid groups (broad SMARTS) is 5. The van der Waals surface area contributed by atoms with Gasteiger partial charge < -0.3 is 35.4 Å². The van der Waals surface area contributed by atoms with Gasteiger partial charge in [-0.1, -0.05) is 0 Å². The zero-order valence-corrected chi connectivity index (χ0v) is 12.4. The molecule has 13 nitrogen and oxygen atoms in total. The van der Waals surface area contributed by atoms with E-state index < -0.39 is 72.7 Å². The topological polar surface area (TPSA) is 233 Å². The third-order valence-corrected chi connectivity index (χ3v) is 2.85. The zero-order valence-electron chi connectivity index (χ0n) is 12.4. The summed E-state index contributed by atoms with van der Waals surface area (Å²) in [5.41, 5.74) is -6.24. The first-order valence-corrected chi connectivity index (χ1v) is 6.30. The Labute approximate surface area is 282 Å². The van der Waals surface area contributed by atoms with Crippen molar-refractivity contribution in [3.05, 3.63) is 0 Å². The Balaban J connectivity index is -0.000000480. The average molecular weight is 535 g/mol. The van der Waals surface area contributed by atoms with Crippen molar-refractivity contribution in [1.82, 2.24) is 0 Å². The monoisotopic (exact) mass is 534 g/mol. The molecule has 0 fully saturated rings. The minimum absolute atomic E-state index is 0. The van der Waals surface area contributed by atoms with Crippen molar-refractivity contribution in [1.29, 1.82) is 0 Å². The van der Waals surface area contributed by atoms with E-state index in [-0.39, 0.29) is 151 Å². The van der Waals surface area contributed by atoms with Crippen molar-refractivity contribution in [2.24, 2.45) is 0 Å². The van der Waals surface area contributed by atoms with Gasteiger partial charge in [-0.05, 0) is 0 Å². The standard InChI is InChI=1S/C12H14O13.4Ca.8H/c13-5(14)1-11(24,9(20)21)4-8(19)25-12(10(22)23,2-6(15)16)3-7(17)18;;;;;;;;;;;;/h24H,1-4H2,(H,13,14)(H,15,16)(H,17,18)(H,20,21)(H,22,23);;;;;;;;;;;;. The third kappa shape index (κ3) is 15.3. The molecule has 0 aliphatic heterocycles. The number of rotatable bonds is 11. The third-order valence-electron chi connectivity index (χ3n) is 2.85. The van der Waals surface area contributed by atoms with Crippen LogP contribution >= 0.6 is 0 Å². The summed E-state index contributed by atoms with van der Waals surface area (Å²) in [5.74, 6) is -11.6. The van der Waals surface area contributed by atoms with Gasteiger partial charge in [0.1, 0.15) is 0 Å². The summed E-state index contributed by atoms with van der Waals surface area (Å²) in [6.45, 7) is 0. The van der Waals surface area contributed by atoms with Gasteiger partial charge in [0.05, 0.1) is 25.7 Å². The number of aliphatic hydroxyl groups is 1. The summed E-state index contributed by atoms with van der Waals surface area (Å²) >= 11 is 0. The Hall–Kier alpha value is 1.82. The predicted molar refractivity (Wildman–Crippen MR) is 105 cm³/mol. The van der Waals surface area contributed by atoms with Crippen molar-refractivity contribution >= 4 is 187 Å². The summed E-state index contributed by atoms with van der Waals surface area (Å²) in [6.07, 6.45) is -5.94. The van der Waals surface area contributed by atoms with Gasteiger partial charge in [0, 0.05) is 0 Å². The van der Waals surface area contributed by atoms with Crippen LogP contribution in [0.15, 0.2) is 0 Å². The molecule has 0 aliphatic carbocycles. The first-order chi connectivity index (χ1) is 11.2. The molecule has 0 aromatic carbocycles. The maximum absolute atomic E-state index is 11.7. The second-order valence-electron chi connectivity index (χ2n) is 5.00. The fraction of sp³-hybridized carbons (Fsp3) is 0.500. The summed E-state index contributed by atoms with van der Waals surface area (Å²) in [5, 5.41) is 53.5. The Kier molecular flexibility index (Phi) is 25.9. The van der Waals surface area contributed by atoms with Gasteiger partial charge in [-0.3, -0.25) is 19.2 Å². The first-order valence-electron chi connectivity index (χ1n) is 6.30. The normalized spacial score (nSPS) is 11.5. The average Bonchev–Trinajstić information content (AvgIpc) is 2.34. The van der Waals surface area contributed by atoms with Crippen LogP contribution in [0.3, 0.4) is 0 Å². The molecule has 156 valence electrons. The fourth-order valence-corrected chi connectivity index (χ4v) is 1.77. The number of esters is 1. The molecule has 0 aromatic rings. The molecule has 0 saturated heterocycles. The molecule has 0 aromatic heterocycles. The molecule has 0 heterocycles. The van der Waals surface area contributed by atoms with Crippen LogP contribution in [0.25, 0.3) is 0 Å². The van der Waals surface area contributed by atoms with Crippen LogP contribution in [0.4, 0.5) is 0 Å². The van der Waals surface area contributed by atoms with E-state index in [1.54, 1.807) is 0 Å². The van der Waals surface area contributed by atoms with Crippen LogP contribution in [0.5, 0.6) is 0 Å². The predicted octanol–water partition coefficient (Wildman–Crippen LogP) is -5.68. The Bertz CT molecular complexity index is 607. The number of carboxylic acids is 5. The van der Waals surface area contributed by atoms with Crippen LogP contribution in [0.1, 0.15) is 25.7 Å². The summed E-state index contributed by atoms with van der Waals surface area (Å²) in [6, 6.07) is 0. The molecule has 1 unspecified atom stereocenters. The number of hydrogen-bond acceptors (Lipinski definition) is 8. The van der Waals surface area contributed by atoms with E-state index in [4.69, 9.17) is 25.5 Å². The molecule has 29 heavy (non-hydrogen) atoms. The number of ether oxygens (including phenoxy) is 1. The quantitative estimate of drug-likeness (QED) is 0.107. The van der Waals surface area contributed by atoms with Gasteiger partial charge in [-0.2, -0.15) is 0 Å². The molecule has 0 bridgehead atoms. The van der Waals surface area contributed by atoms with Crippen molar-refractivity contribution in [3.63, 3.8) is 0 Å². The van der Waals surface area contributed by atoms with Crippen LogP contribution in [-0.4, -0.2) is 229 Å². The number of carbonyl (C=O) groups is 6. The zero-order chi connectivity index (χ0) is 20.0. The van der Waals surface area contributed by atoms with Gasteiger partial charge in [0.15, 0.2) is 5.60 Å². The van der Waals surface area contributed by atoms with Gasteiger partial charge in [0.25, 0.3) is 0 Å². The van der Waals surface area contributed by atoms with Crippen LogP contribution < -0.4 is 0 Å². The van der Waals surface area contributed by atoms with E-state index in [0.29, 0.717) is 0 Å². The molecule has 0 amide bonds. The molecular weight excluding hydrogens is 512 g/mol. The van der Waals surface area contributed by atoms with Crippen molar-refractivity contribution in [2.75, 3.05) is 0 Å². The molecular formula is C12H22Ca4O13. The van der Waals surface area contributed by atoms with Crippen molar-refractivity contribution in [2.45, 2.75) is 36.9 Å². The van der Waals surface area contributed by atoms with Gasteiger partial charge in [-0.25, -0.2) is 9.59 Å². The molecule has 0 spiro atoms. The van der Waals surface area contributed by atoms with E-state index in [0.717, 1.165) is 0 Å². The first kappa shape index (κ1) is 41.1. The second-order valence-corrected chi connectivity index (χ2v) is 5.00. The fourth-order valence-electron chi connectivity index (χ4n) is 1.77. The SMILES string of the molecule is O=C(O)CC(O)(CC(=O)OC(CC(=O)O)(CC(=O)O)C(=O)O)C(=O)O.[CaH2].[CaH2].[CaH2].[CaH2]. The van der Waals surface area contributed by atoms with Crippen LogP contribution in [-0.2, 0) is 33.5 Å². The van der Waals surface area contributed by atoms with Gasteiger partial charge in [-0.15, -0.1) is 0 Å². The maximum atomic E-state index is 11.7. The molecule has 17 heteroatoms. The van der Waals surface area contributed by atoms with Crippen LogP contribution in [0, 0.1) is 0 Å². The summed E-state index contributed by atoms with van der Waals surface area (Å²) < 4.78 is 4.33. The number of hydrogen-bond donors (Lipinski definition) is 6. The van der Waals surface area contributed by atoms with E-state index in [9.17, 15) is 33.9 Å². The van der Waals surface area contributed by atoms with E-state index in [1.165, 1.54) is 0 Å². The Morgan fingerprint density at radius 1 is 0.586 bits per heavy atom. The van der Waals surface area contributed by atoms with Crippen molar-refractivity contribution < 1.29 is 64.1 Å².